The average molecular weight is 333 g/mol. The quantitative estimate of drug-likeness (QED) is 0.515. The van der Waals surface area contributed by atoms with Crippen LogP contribution in [0.1, 0.15) is 23.3 Å². The van der Waals surface area contributed by atoms with Gasteiger partial charge >= 0.3 is 0 Å². The van der Waals surface area contributed by atoms with E-state index in [1.807, 2.05) is 23.5 Å². The molecular weight excluding hydrogens is 312 g/mol. The third-order valence-electron chi connectivity index (χ3n) is 4.71. The van der Waals surface area contributed by atoms with E-state index in [0.717, 1.165) is 5.75 Å². The third-order valence-corrected chi connectivity index (χ3v) is 5.98. The molecule has 1 aliphatic rings. The van der Waals surface area contributed by atoms with Crippen LogP contribution < -0.4 is 4.74 Å². The van der Waals surface area contributed by atoms with Gasteiger partial charge in [-0.1, -0.05) is 30.3 Å². The molecule has 0 spiro atoms. The van der Waals surface area contributed by atoms with E-state index in [0.29, 0.717) is 0 Å². The van der Waals surface area contributed by atoms with Gasteiger partial charge in [-0.05, 0) is 54.7 Å². The number of ether oxygens (including phenoxy) is 1. The maximum absolute atomic E-state index is 5.29. The minimum atomic E-state index is 0.907. The number of hydrogen-bond acceptors (Lipinski definition) is 1. The predicted octanol–water partition coefficient (Wildman–Crippen LogP) is 6.25. The molecule has 3 aromatic rings. The Kier molecular flexibility index (Phi) is 4.31. The number of hydrogen-bond donors (Lipinski definition) is 0. The molecule has 1 nitrogen and oxygen atoms in total. The summed E-state index contributed by atoms with van der Waals surface area (Å²) in [6, 6.07) is 21.6. The number of benzene rings is 2. The highest BCUT2D eigenvalue weighted by Gasteiger charge is 2.26. The fourth-order valence-corrected chi connectivity index (χ4v) is 4.71. The fraction of sp³-hybridized carbons (Fsp3) is 0.227. The molecule has 1 heterocycles. The SMILES string of the molecule is COc1ccc(-c2cc(-c3ccccc3)c3c([s+]2)CCCC3)cc1. The van der Waals surface area contributed by atoms with E-state index in [1.54, 1.807) is 17.6 Å². The normalized spacial score (nSPS) is 13.4. The highest BCUT2D eigenvalue weighted by atomic mass is 32.1. The van der Waals surface area contributed by atoms with Crippen molar-refractivity contribution in [2.75, 3.05) is 7.11 Å². The van der Waals surface area contributed by atoms with Crippen molar-refractivity contribution in [3.8, 4) is 27.3 Å². The molecule has 1 aromatic heterocycles. The lowest BCUT2D eigenvalue weighted by atomic mass is 9.91. The average Bonchev–Trinajstić information content (AvgIpc) is 2.68. The Hall–Kier alpha value is -2.19. The molecule has 0 saturated heterocycles. The molecule has 2 aromatic carbocycles. The smallest absolute Gasteiger partial charge is 0.238 e. The molecule has 120 valence electrons. The van der Waals surface area contributed by atoms with Gasteiger partial charge in [0.1, 0.15) is 5.75 Å². The summed E-state index contributed by atoms with van der Waals surface area (Å²) in [5, 5.41) is 0. The maximum Gasteiger partial charge on any atom is 0.238 e. The highest BCUT2D eigenvalue weighted by molar-refractivity contribution is 7.15. The van der Waals surface area contributed by atoms with Gasteiger partial charge in [-0.25, -0.2) is 0 Å². The molecule has 0 saturated carbocycles. The summed E-state index contributed by atoms with van der Waals surface area (Å²) >= 11 is 1.96. The number of methoxy groups -OCH3 is 1. The summed E-state index contributed by atoms with van der Waals surface area (Å²) in [6.07, 6.45) is 5.04. The van der Waals surface area contributed by atoms with Crippen molar-refractivity contribution in [2.24, 2.45) is 0 Å². The summed E-state index contributed by atoms with van der Waals surface area (Å²) in [5.74, 6) is 0.907. The molecule has 1 aliphatic carbocycles. The van der Waals surface area contributed by atoms with Gasteiger partial charge in [0, 0.05) is 23.6 Å². The molecule has 24 heavy (non-hydrogen) atoms. The standard InChI is InChI=1S/C22H21OS/c1-23-18-13-11-17(12-14-18)22-15-20(16-7-3-2-4-8-16)19-9-5-6-10-21(19)24-22/h2-4,7-8,11-15H,5-6,9-10H2,1H3/q+1. The Balaban J connectivity index is 1.86. The van der Waals surface area contributed by atoms with Gasteiger partial charge in [0.15, 0.2) is 0 Å². The summed E-state index contributed by atoms with van der Waals surface area (Å²) in [6.45, 7) is 0. The molecule has 0 fully saturated rings. The van der Waals surface area contributed by atoms with Gasteiger partial charge in [-0.3, -0.25) is 0 Å². The summed E-state index contributed by atoms with van der Waals surface area (Å²) in [7, 11) is 1.71. The van der Waals surface area contributed by atoms with Crippen molar-refractivity contribution in [1.29, 1.82) is 0 Å². The van der Waals surface area contributed by atoms with Crippen LogP contribution in [0.15, 0.2) is 60.7 Å². The van der Waals surface area contributed by atoms with Crippen LogP contribution in [-0.2, 0) is 12.8 Å². The summed E-state index contributed by atoms with van der Waals surface area (Å²) in [4.78, 5) is 2.91. The number of aryl methyl sites for hydroxylation is 1. The summed E-state index contributed by atoms with van der Waals surface area (Å²) < 4.78 is 5.29. The Labute approximate surface area is 147 Å². The van der Waals surface area contributed by atoms with Crippen molar-refractivity contribution in [1.82, 2.24) is 0 Å². The van der Waals surface area contributed by atoms with E-state index in [4.69, 9.17) is 4.74 Å². The second-order valence-electron chi connectivity index (χ2n) is 6.23. The second-order valence-corrected chi connectivity index (χ2v) is 7.36. The van der Waals surface area contributed by atoms with Crippen LogP contribution >= 0.6 is 11.3 Å². The molecule has 0 aliphatic heterocycles. The number of fused-ring (bicyclic) bond motifs is 1. The zero-order valence-corrected chi connectivity index (χ0v) is 14.7. The van der Waals surface area contributed by atoms with Crippen LogP contribution in [0.3, 0.4) is 0 Å². The molecule has 0 radical (unpaired) electrons. The van der Waals surface area contributed by atoms with E-state index in [-0.39, 0.29) is 0 Å². The van der Waals surface area contributed by atoms with Crippen LogP contribution in [0.5, 0.6) is 5.75 Å². The van der Waals surface area contributed by atoms with Gasteiger partial charge in [-0.2, -0.15) is 0 Å². The minimum absolute atomic E-state index is 0.907. The van der Waals surface area contributed by atoms with Crippen molar-refractivity contribution < 1.29 is 4.74 Å². The fourth-order valence-electron chi connectivity index (χ4n) is 3.43. The van der Waals surface area contributed by atoms with E-state index < -0.39 is 0 Å². The maximum atomic E-state index is 5.29. The van der Waals surface area contributed by atoms with Crippen LogP contribution in [0.2, 0.25) is 0 Å². The molecule has 4 rings (SSSR count). The van der Waals surface area contributed by atoms with Gasteiger partial charge in [0.25, 0.3) is 0 Å². The first-order chi connectivity index (χ1) is 11.8. The van der Waals surface area contributed by atoms with E-state index in [9.17, 15) is 0 Å². The van der Waals surface area contributed by atoms with Gasteiger partial charge in [0.05, 0.1) is 7.11 Å². The van der Waals surface area contributed by atoms with E-state index in [2.05, 4.69) is 48.5 Å². The van der Waals surface area contributed by atoms with Crippen LogP contribution in [0.25, 0.3) is 21.6 Å². The molecule has 0 bridgehead atoms. The van der Waals surface area contributed by atoms with Crippen LogP contribution in [0.4, 0.5) is 0 Å². The first-order valence-electron chi connectivity index (χ1n) is 8.54. The zero-order valence-electron chi connectivity index (χ0n) is 13.9. The Morgan fingerprint density at radius 2 is 1.58 bits per heavy atom. The summed E-state index contributed by atoms with van der Waals surface area (Å²) in [5.41, 5.74) is 5.58. The highest BCUT2D eigenvalue weighted by Crippen LogP contribution is 2.39. The van der Waals surface area contributed by atoms with Crippen molar-refractivity contribution in [3.63, 3.8) is 0 Å². The van der Waals surface area contributed by atoms with Crippen molar-refractivity contribution >= 4 is 11.3 Å². The molecule has 0 atom stereocenters. The minimum Gasteiger partial charge on any atom is -0.497 e. The predicted molar refractivity (Wildman–Crippen MR) is 103 cm³/mol. The zero-order chi connectivity index (χ0) is 16.4. The second kappa shape index (κ2) is 6.74. The monoisotopic (exact) mass is 333 g/mol. The van der Waals surface area contributed by atoms with Gasteiger partial charge in [-0.15, -0.1) is 0 Å². The topological polar surface area (TPSA) is 9.23 Å². The lowest BCUT2D eigenvalue weighted by molar-refractivity contribution is 0.415. The molecular formula is C22H21OS+. The first kappa shape index (κ1) is 15.3. The van der Waals surface area contributed by atoms with E-state index >= 15 is 0 Å². The third kappa shape index (κ3) is 2.94. The first-order valence-corrected chi connectivity index (χ1v) is 9.35. The molecule has 0 N–H and O–H groups in total. The Morgan fingerprint density at radius 1 is 0.833 bits per heavy atom. The molecule has 0 amide bonds. The van der Waals surface area contributed by atoms with Crippen LogP contribution in [0, 0.1) is 0 Å². The number of rotatable bonds is 3. The lowest BCUT2D eigenvalue weighted by Gasteiger charge is -2.14. The van der Waals surface area contributed by atoms with Crippen molar-refractivity contribution in [2.45, 2.75) is 25.7 Å². The van der Waals surface area contributed by atoms with Crippen molar-refractivity contribution in [3.05, 3.63) is 71.1 Å². The lowest BCUT2D eigenvalue weighted by Crippen LogP contribution is -2.03. The Bertz CT molecular complexity index is 838. The molecule has 2 heteroatoms. The van der Waals surface area contributed by atoms with Gasteiger partial charge in [0.2, 0.25) is 21.1 Å². The van der Waals surface area contributed by atoms with Gasteiger partial charge < -0.3 is 4.74 Å². The van der Waals surface area contributed by atoms with E-state index in [1.165, 1.54) is 47.3 Å². The Morgan fingerprint density at radius 3 is 2.33 bits per heavy atom. The largest absolute Gasteiger partial charge is 0.497 e. The van der Waals surface area contributed by atoms with Crippen LogP contribution in [-0.4, -0.2) is 7.11 Å². The molecule has 0 unspecified atom stereocenters.